The number of ether oxygens (including phenoxy) is 1. The molecule has 0 spiro atoms. The number of benzene rings is 1. The minimum absolute atomic E-state index is 0.224. The molecule has 0 aliphatic rings. The van der Waals surface area contributed by atoms with E-state index in [4.69, 9.17) is 17.3 Å². The summed E-state index contributed by atoms with van der Waals surface area (Å²) in [5.41, 5.74) is 4.81. The van der Waals surface area contributed by atoms with Gasteiger partial charge in [-0.15, -0.1) is 13.2 Å². The van der Waals surface area contributed by atoms with Crippen molar-refractivity contribution in [2.45, 2.75) is 11.3 Å². The highest BCUT2D eigenvalue weighted by Crippen LogP contribution is 2.32. The van der Waals surface area contributed by atoms with E-state index in [2.05, 4.69) is 9.46 Å². The zero-order valence-electron chi connectivity index (χ0n) is 8.05. The Morgan fingerprint density at radius 3 is 2.59 bits per heavy atom. The topological polar surface area (TPSA) is 64.4 Å². The van der Waals surface area contributed by atoms with E-state index in [0.29, 0.717) is 4.90 Å². The molecular formula is C8H6ClF3N2O2S. The van der Waals surface area contributed by atoms with E-state index in [-0.39, 0.29) is 5.02 Å². The fourth-order valence-corrected chi connectivity index (χ4v) is 1.68. The summed E-state index contributed by atoms with van der Waals surface area (Å²) >= 11 is 6.39. The van der Waals surface area contributed by atoms with Crippen LogP contribution in [-0.4, -0.2) is 12.4 Å². The van der Waals surface area contributed by atoms with Crippen molar-refractivity contribution >= 4 is 29.6 Å². The van der Waals surface area contributed by atoms with Crippen molar-refractivity contribution in [3.05, 3.63) is 23.2 Å². The van der Waals surface area contributed by atoms with Gasteiger partial charge >= 0.3 is 12.4 Å². The van der Waals surface area contributed by atoms with E-state index in [1.807, 2.05) is 0 Å². The van der Waals surface area contributed by atoms with Gasteiger partial charge in [-0.25, -0.2) is 4.79 Å². The number of nitrogens with two attached hydrogens (primary N) is 1. The molecule has 0 unspecified atom stereocenters. The van der Waals surface area contributed by atoms with Gasteiger partial charge in [-0.1, -0.05) is 11.6 Å². The highest BCUT2D eigenvalue weighted by atomic mass is 35.5. The van der Waals surface area contributed by atoms with Crippen LogP contribution in [0.2, 0.25) is 5.02 Å². The molecule has 0 saturated heterocycles. The molecule has 0 atom stereocenters. The van der Waals surface area contributed by atoms with E-state index in [1.165, 1.54) is 12.1 Å². The molecule has 9 heteroatoms. The molecule has 0 aliphatic carbocycles. The Bertz CT molecular complexity index is 428. The lowest BCUT2D eigenvalue weighted by Crippen LogP contribution is -2.22. The first kappa shape index (κ1) is 13.8. The summed E-state index contributed by atoms with van der Waals surface area (Å²) in [7, 11) is 0. The molecule has 1 aromatic rings. The lowest BCUT2D eigenvalue weighted by atomic mass is 10.3. The second-order valence-electron chi connectivity index (χ2n) is 2.71. The van der Waals surface area contributed by atoms with E-state index in [1.54, 1.807) is 0 Å². The van der Waals surface area contributed by atoms with E-state index in [0.717, 1.165) is 18.0 Å². The second kappa shape index (κ2) is 5.37. The smallest absolute Gasteiger partial charge is 0.404 e. The number of hydrogen-bond acceptors (Lipinski definition) is 3. The third-order valence-corrected chi connectivity index (χ3v) is 2.49. The summed E-state index contributed by atoms with van der Waals surface area (Å²) in [4.78, 5) is 10.8. The van der Waals surface area contributed by atoms with Crippen molar-refractivity contribution in [3.8, 4) is 5.75 Å². The number of alkyl halides is 3. The molecule has 2 amide bonds. The number of primary amides is 1. The Balaban J connectivity index is 2.76. The first-order chi connectivity index (χ1) is 7.78. The molecule has 1 aromatic carbocycles. The molecule has 0 saturated carbocycles. The third-order valence-electron chi connectivity index (χ3n) is 1.40. The Morgan fingerprint density at radius 2 is 2.12 bits per heavy atom. The normalized spacial score (nSPS) is 11.1. The van der Waals surface area contributed by atoms with Crippen LogP contribution >= 0.6 is 23.5 Å². The Labute approximate surface area is 103 Å². The number of halogens is 4. The monoisotopic (exact) mass is 286 g/mol. The second-order valence-corrected chi connectivity index (χ2v) is 4.00. The summed E-state index contributed by atoms with van der Waals surface area (Å²) in [6.45, 7) is 0. The maximum absolute atomic E-state index is 11.9. The van der Waals surface area contributed by atoms with Gasteiger partial charge < -0.3 is 10.5 Å². The zero-order valence-corrected chi connectivity index (χ0v) is 9.62. The first-order valence-corrected chi connectivity index (χ1v) is 5.25. The molecule has 0 radical (unpaired) electrons. The molecule has 0 heterocycles. The van der Waals surface area contributed by atoms with Crippen molar-refractivity contribution in [2.75, 3.05) is 0 Å². The number of carbonyl (C=O) groups excluding carboxylic acids is 1. The summed E-state index contributed by atoms with van der Waals surface area (Å²) in [6.07, 6.45) is -4.80. The summed E-state index contributed by atoms with van der Waals surface area (Å²) in [5, 5.41) is -0.224. The van der Waals surface area contributed by atoms with Crippen molar-refractivity contribution in [1.29, 1.82) is 0 Å². The van der Waals surface area contributed by atoms with Gasteiger partial charge in [0.05, 0.1) is 5.02 Å². The van der Waals surface area contributed by atoms with Crippen LogP contribution in [0.3, 0.4) is 0 Å². The minimum Gasteiger partial charge on any atom is -0.404 e. The van der Waals surface area contributed by atoms with Gasteiger partial charge in [0.25, 0.3) is 0 Å². The average Bonchev–Trinajstić information content (AvgIpc) is 2.17. The SMILES string of the molecule is NC(=O)NSc1ccc(OC(F)(F)F)c(Cl)c1. The van der Waals surface area contributed by atoms with Crippen LogP contribution in [0, 0.1) is 0 Å². The number of carbonyl (C=O) groups is 1. The van der Waals surface area contributed by atoms with Gasteiger partial charge in [0.15, 0.2) is 0 Å². The Morgan fingerprint density at radius 1 is 1.47 bits per heavy atom. The van der Waals surface area contributed by atoms with Crippen LogP contribution in [0.4, 0.5) is 18.0 Å². The van der Waals surface area contributed by atoms with E-state index in [9.17, 15) is 18.0 Å². The van der Waals surface area contributed by atoms with E-state index < -0.39 is 18.1 Å². The largest absolute Gasteiger partial charge is 0.573 e. The molecule has 4 nitrogen and oxygen atoms in total. The molecule has 94 valence electrons. The predicted octanol–water partition coefficient (Wildman–Crippen LogP) is 2.91. The van der Waals surface area contributed by atoms with E-state index >= 15 is 0 Å². The van der Waals surface area contributed by atoms with Crippen molar-refractivity contribution in [1.82, 2.24) is 4.72 Å². The molecule has 0 fully saturated rings. The van der Waals surface area contributed by atoms with Gasteiger partial charge in [0.2, 0.25) is 0 Å². The van der Waals surface area contributed by atoms with Crippen LogP contribution in [-0.2, 0) is 0 Å². The Kier molecular flexibility index (Phi) is 4.35. The van der Waals surface area contributed by atoms with Crippen LogP contribution in [0.5, 0.6) is 5.75 Å². The third kappa shape index (κ3) is 5.05. The maximum Gasteiger partial charge on any atom is 0.573 e. The summed E-state index contributed by atoms with van der Waals surface area (Å²) < 4.78 is 41.6. The van der Waals surface area contributed by atoms with Crippen molar-refractivity contribution in [3.63, 3.8) is 0 Å². The number of nitrogens with one attached hydrogen (secondary N) is 1. The van der Waals surface area contributed by atoms with Crippen molar-refractivity contribution in [2.24, 2.45) is 5.73 Å². The van der Waals surface area contributed by atoms with Gasteiger partial charge in [-0.2, -0.15) is 0 Å². The molecule has 0 aliphatic heterocycles. The predicted molar refractivity (Wildman–Crippen MR) is 56.7 cm³/mol. The summed E-state index contributed by atoms with van der Waals surface area (Å²) in [5.74, 6) is -0.511. The fraction of sp³-hybridized carbons (Fsp3) is 0.125. The van der Waals surface area contributed by atoms with Gasteiger partial charge in [0, 0.05) is 4.90 Å². The zero-order chi connectivity index (χ0) is 13.1. The molecule has 1 rings (SSSR count). The van der Waals surface area contributed by atoms with Crippen LogP contribution in [0.25, 0.3) is 0 Å². The number of amides is 2. The number of hydrogen-bond donors (Lipinski definition) is 2. The molecular weight excluding hydrogens is 281 g/mol. The average molecular weight is 287 g/mol. The lowest BCUT2D eigenvalue weighted by molar-refractivity contribution is -0.274. The van der Waals surface area contributed by atoms with Gasteiger partial charge in [0.1, 0.15) is 5.75 Å². The summed E-state index contributed by atoms with van der Waals surface area (Å²) in [6, 6.07) is 2.78. The Hall–Kier alpha value is -1.28. The molecule has 3 N–H and O–H groups in total. The first-order valence-electron chi connectivity index (χ1n) is 4.05. The van der Waals surface area contributed by atoms with Gasteiger partial charge in [-0.3, -0.25) is 4.72 Å². The minimum atomic E-state index is -4.80. The molecule has 17 heavy (non-hydrogen) atoms. The van der Waals surface area contributed by atoms with Gasteiger partial charge in [-0.05, 0) is 30.1 Å². The molecule has 0 bridgehead atoms. The lowest BCUT2D eigenvalue weighted by Gasteiger charge is -2.11. The van der Waals surface area contributed by atoms with Crippen LogP contribution in [0.15, 0.2) is 23.1 Å². The van der Waals surface area contributed by atoms with Crippen molar-refractivity contribution < 1.29 is 22.7 Å². The quantitative estimate of drug-likeness (QED) is 0.840. The van der Waals surface area contributed by atoms with Crippen LogP contribution < -0.4 is 15.2 Å². The maximum atomic E-state index is 11.9. The number of urea groups is 1. The highest BCUT2D eigenvalue weighted by molar-refractivity contribution is 7.98. The fourth-order valence-electron chi connectivity index (χ4n) is 0.862. The standard InChI is InChI=1S/C8H6ClF3N2O2S/c9-5-3-4(17-14-7(13)15)1-2-6(5)16-8(10,11)12/h1-3H,(H3,13,14,15). The van der Waals surface area contributed by atoms with Crippen LogP contribution in [0.1, 0.15) is 0 Å². The highest BCUT2D eigenvalue weighted by Gasteiger charge is 2.32. The molecule has 0 aromatic heterocycles. The number of rotatable bonds is 3.